The van der Waals surface area contributed by atoms with Crippen molar-refractivity contribution in [3.8, 4) is 0 Å². The zero-order chi connectivity index (χ0) is 14.2. The van der Waals surface area contributed by atoms with Gasteiger partial charge in [-0.1, -0.05) is 13.3 Å². The molecule has 1 aliphatic carbocycles. The fourth-order valence-corrected chi connectivity index (χ4v) is 2.73. The highest BCUT2D eigenvalue weighted by Crippen LogP contribution is 2.40. The van der Waals surface area contributed by atoms with Gasteiger partial charge in [0.15, 0.2) is 0 Å². The summed E-state index contributed by atoms with van der Waals surface area (Å²) in [6.07, 6.45) is 5.43. The van der Waals surface area contributed by atoms with Crippen molar-refractivity contribution in [1.29, 1.82) is 0 Å². The summed E-state index contributed by atoms with van der Waals surface area (Å²) >= 11 is 0. The largest absolute Gasteiger partial charge is 0.383 e. The van der Waals surface area contributed by atoms with Crippen LogP contribution in [0.2, 0.25) is 0 Å². The lowest BCUT2D eigenvalue weighted by atomic mass is 9.70. The molecule has 1 aromatic heterocycles. The monoisotopic (exact) mass is 271 g/mol. The van der Waals surface area contributed by atoms with E-state index in [2.05, 4.69) is 17.2 Å². The summed E-state index contributed by atoms with van der Waals surface area (Å²) in [4.78, 5) is 15.0. The van der Waals surface area contributed by atoms with Crippen LogP contribution in [-0.2, 0) is 0 Å². The first kappa shape index (κ1) is 12.8. The van der Waals surface area contributed by atoms with Crippen LogP contribution < -0.4 is 5.32 Å². The lowest BCUT2D eigenvalue weighted by Crippen LogP contribution is -2.33. The summed E-state index contributed by atoms with van der Waals surface area (Å²) < 4.78 is 0. The van der Waals surface area contributed by atoms with Gasteiger partial charge in [-0.25, -0.2) is 0 Å². The highest BCUT2D eigenvalue weighted by molar-refractivity contribution is 5.96. The Morgan fingerprint density at radius 1 is 1.40 bits per heavy atom. The van der Waals surface area contributed by atoms with Crippen molar-refractivity contribution in [3.05, 3.63) is 40.6 Å². The minimum atomic E-state index is -0.360. The normalized spacial score (nSPS) is 16.6. The molecule has 1 aromatic carbocycles. The predicted octanol–water partition coefficient (Wildman–Crippen LogP) is 3.75. The first-order valence-electron chi connectivity index (χ1n) is 6.85. The predicted molar refractivity (Wildman–Crippen MR) is 78.8 cm³/mol. The summed E-state index contributed by atoms with van der Waals surface area (Å²) in [6.45, 7) is 3.15. The van der Waals surface area contributed by atoms with E-state index in [9.17, 15) is 10.1 Å². The number of anilines is 1. The molecule has 0 unspecified atom stereocenters. The van der Waals surface area contributed by atoms with E-state index in [-0.39, 0.29) is 10.6 Å². The van der Waals surface area contributed by atoms with Gasteiger partial charge in [0.05, 0.1) is 16.0 Å². The van der Waals surface area contributed by atoms with Gasteiger partial charge in [-0.15, -0.1) is 0 Å². The lowest BCUT2D eigenvalue weighted by molar-refractivity contribution is -0.383. The van der Waals surface area contributed by atoms with Gasteiger partial charge in [0.2, 0.25) is 0 Å². The maximum atomic E-state index is 11.1. The third kappa shape index (κ3) is 2.19. The van der Waals surface area contributed by atoms with Crippen molar-refractivity contribution in [2.75, 3.05) is 11.9 Å². The molecule has 0 spiro atoms. The van der Waals surface area contributed by atoms with E-state index in [4.69, 9.17) is 0 Å². The number of hydrogen-bond acceptors (Lipinski definition) is 4. The second-order valence-corrected chi connectivity index (χ2v) is 5.81. The average Bonchev–Trinajstić information content (AvgIpc) is 2.42. The highest BCUT2D eigenvalue weighted by atomic mass is 16.6. The van der Waals surface area contributed by atoms with Crippen LogP contribution in [0, 0.1) is 15.5 Å². The van der Waals surface area contributed by atoms with Crippen LogP contribution in [0.25, 0.3) is 10.9 Å². The fraction of sp³-hybridized carbons (Fsp3) is 0.400. The van der Waals surface area contributed by atoms with Crippen LogP contribution in [0.4, 0.5) is 11.4 Å². The average molecular weight is 271 g/mol. The Hall–Kier alpha value is -2.17. The van der Waals surface area contributed by atoms with Crippen molar-refractivity contribution in [2.24, 2.45) is 5.41 Å². The fourth-order valence-electron chi connectivity index (χ4n) is 2.73. The Kier molecular flexibility index (Phi) is 3.04. The summed E-state index contributed by atoms with van der Waals surface area (Å²) in [7, 11) is 0. The Morgan fingerprint density at radius 3 is 2.85 bits per heavy atom. The zero-order valence-corrected chi connectivity index (χ0v) is 11.4. The quantitative estimate of drug-likeness (QED) is 0.679. The van der Waals surface area contributed by atoms with Crippen LogP contribution in [0.15, 0.2) is 30.5 Å². The number of non-ortho nitro benzene ring substituents is 1. The number of hydrogen-bond donors (Lipinski definition) is 1. The summed E-state index contributed by atoms with van der Waals surface area (Å²) in [5, 5.41) is 15.1. The van der Waals surface area contributed by atoms with Gasteiger partial charge in [0, 0.05) is 18.8 Å². The number of nitrogens with zero attached hydrogens (tertiary/aromatic N) is 2. The molecular formula is C15H17N3O2. The minimum Gasteiger partial charge on any atom is -0.383 e. The van der Waals surface area contributed by atoms with Crippen LogP contribution in [0.3, 0.4) is 0 Å². The Bertz CT molecular complexity index is 665. The first-order valence-corrected chi connectivity index (χ1v) is 6.85. The molecule has 1 N–H and O–H groups in total. The van der Waals surface area contributed by atoms with E-state index in [1.807, 2.05) is 0 Å². The summed E-state index contributed by atoms with van der Waals surface area (Å²) in [5.74, 6) is 0. The van der Waals surface area contributed by atoms with Crippen molar-refractivity contribution < 1.29 is 4.92 Å². The number of fused-ring (bicyclic) bond motifs is 1. The summed E-state index contributed by atoms with van der Waals surface area (Å²) in [6, 6.07) is 6.79. The maximum absolute atomic E-state index is 11.1. The molecule has 104 valence electrons. The molecule has 0 atom stereocenters. The van der Waals surface area contributed by atoms with Crippen molar-refractivity contribution in [3.63, 3.8) is 0 Å². The van der Waals surface area contributed by atoms with Crippen molar-refractivity contribution >= 4 is 22.3 Å². The van der Waals surface area contributed by atoms with E-state index in [0.29, 0.717) is 16.3 Å². The molecule has 0 bridgehead atoms. The third-order valence-corrected chi connectivity index (χ3v) is 4.21. The van der Waals surface area contributed by atoms with Gasteiger partial charge in [0.1, 0.15) is 5.52 Å². The molecule has 0 amide bonds. The van der Waals surface area contributed by atoms with E-state index in [1.54, 1.807) is 30.5 Å². The topological polar surface area (TPSA) is 68.1 Å². The number of nitrogens with one attached hydrogen (secondary N) is 1. The zero-order valence-electron chi connectivity index (χ0n) is 11.4. The molecule has 5 heteroatoms. The van der Waals surface area contributed by atoms with E-state index in [0.717, 1.165) is 12.2 Å². The van der Waals surface area contributed by atoms with Crippen molar-refractivity contribution in [2.45, 2.75) is 26.2 Å². The van der Waals surface area contributed by atoms with Crippen LogP contribution in [0.1, 0.15) is 26.2 Å². The van der Waals surface area contributed by atoms with Gasteiger partial charge in [-0.2, -0.15) is 0 Å². The Balaban J connectivity index is 1.95. The van der Waals surface area contributed by atoms with E-state index >= 15 is 0 Å². The number of rotatable bonds is 4. The van der Waals surface area contributed by atoms with E-state index in [1.165, 1.54) is 19.3 Å². The van der Waals surface area contributed by atoms with Crippen molar-refractivity contribution in [1.82, 2.24) is 4.98 Å². The highest BCUT2D eigenvalue weighted by Gasteiger charge is 2.31. The molecule has 20 heavy (non-hydrogen) atoms. The maximum Gasteiger partial charge on any atom is 0.278 e. The second kappa shape index (κ2) is 4.74. The van der Waals surface area contributed by atoms with Crippen LogP contribution in [-0.4, -0.2) is 16.5 Å². The van der Waals surface area contributed by atoms with Gasteiger partial charge in [-0.3, -0.25) is 15.1 Å². The SMILES string of the molecule is CC1(CNc2ccc([N+](=O)[O-])c3cccnc23)CCC1. The lowest BCUT2D eigenvalue weighted by Gasteiger charge is -2.38. The molecular weight excluding hydrogens is 254 g/mol. The number of nitro benzene ring substituents is 1. The number of benzene rings is 1. The molecule has 2 aromatic rings. The summed E-state index contributed by atoms with van der Waals surface area (Å²) in [5.41, 5.74) is 2.00. The standard InChI is InChI=1S/C15H17N3O2/c1-15(7-3-8-15)10-17-12-5-6-13(18(19)20)11-4-2-9-16-14(11)12/h2,4-6,9,17H,3,7-8,10H2,1H3. The third-order valence-electron chi connectivity index (χ3n) is 4.21. The molecule has 1 fully saturated rings. The van der Waals surface area contributed by atoms with Gasteiger partial charge in [0.25, 0.3) is 5.69 Å². The van der Waals surface area contributed by atoms with Crippen LogP contribution in [0.5, 0.6) is 0 Å². The Labute approximate surface area is 117 Å². The first-order chi connectivity index (χ1) is 9.59. The molecule has 3 rings (SSSR count). The van der Waals surface area contributed by atoms with Gasteiger partial charge in [-0.05, 0) is 36.5 Å². The number of pyridine rings is 1. The molecule has 0 saturated heterocycles. The second-order valence-electron chi connectivity index (χ2n) is 5.81. The van der Waals surface area contributed by atoms with Gasteiger partial charge >= 0.3 is 0 Å². The molecule has 1 saturated carbocycles. The van der Waals surface area contributed by atoms with Gasteiger partial charge < -0.3 is 5.32 Å². The molecule has 0 aliphatic heterocycles. The molecule has 0 radical (unpaired) electrons. The number of nitro groups is 1. The smallest absolute Gasteiger partial charge is 0.278 e. The molecule has 5 nitrogen and oxygen atoms in total. The Morgan fingerprint density at radius 2 is 2.20 bits per heavy atom. The van der Waals surface area contributed by atoms with E-state index < -0.39 is 0 Å². The minimum absolute atomic E-state index is 0.105. The number of aromatic nitrogens is 1. The molecule has 1 aliphatic rings. The molecule has 1 heterocycles. The van der Waals surface area contributed by atoms with Crippen LogP contribution >= 0.6 is 0 Å².